The van der Waals surface area contributed by atoms with Crippen LogP contribution in [0.4, 0.5) is 0 Å². The summed E-state index contributed by atoms with van der Waals surface area (Å²) in [6.45, 7) is 17.5. The van der Waals surface area contributed by atoms with Crippen molar-refractivity contribution in [2.45, 2.75) is 232 Å². The van der Waals surface area contributed by atoms with Gasteiger partial charge >= 0.3 is 0 Å². The Labute approximate surface area is 600 Å². The molecule has 1 aromatic heterocycles. The SMILES string of the molecule is CCCCC(N)=NCCCCCNC(=O)C(CC(C)C)NC(=O)CNC(=O)[C@]1(c2ccccc2)CC1CN1CC[C@@]2(C)c3cc(O)ccc3CC1C2C.Oc1ccc2c3c1OC1c4[nH]c5c(c4C[C@@]4(O)C(C2)N(CC2CC2)CCC314)C[C@@]1(O)[C@H]2Cc3ccc(O)c4c3C1(CCN2CC1CC1)C5O4. The van der Waals surface area contributed by atoms with Crippen molar-refractivity contribution in [1.82, 2.24) is 35.6 Å². The van der Waals surface area contributed by atoms with Crippen LogP contribution in [0.1, 0.15) is 205 Å². The van der Waals surface area contributed by atoms with Crippen LogP contribution in [0.5, 0.6) is 28.7 Å². The quantitative estimate of drug-likeness (QED) is 0.0166. The van der Waals surface area contributed by atoms with Gasteiger partial charge in [0.05, 0.1) is 51.2 Å². The molecule has 11 N–H and O–H groups in total. The summed E-state index contributed by atoms with van der Waals surface area (Å²) in [5.74, 6) is 3.84. The van der Waals surface area contributed by atoms with Crippen molar-refractivity contribution in [3.63, 3.8) is 0 Å². The van der Waals surface area contributed by atoms with Gasteiger partial charge in [0.2, 0.25) is 17.7 Å². The Bertz CT molecular complexity index is 4030. The molecule has 102 heavy (non-hydrogen) atoms. The molecule has 14 atom stereocenters. The van der Waals surface area contributed by atoms with E-state index in [1.54, 1.807) is 18.2 Å². The molecule has 2 spiro atoms. The van der Waals surface area contributed by atoms with Gasteiger partial charge in [0, 0.05) is 81.2 Å². The highest BCUT2D eigenvalue weighted by atomic mass is 16.5. The lowest BCUT2D eigenvalue weighted by Crippen LogP contribution is -2.75. The predicted octanol–water partition coefficient (Wildman–Crippen LogP) is 9.18. The monoisotopic (exact) mass is 1390 g/mol. The number of rotatable bonds is 23. The number of fused-ring (bicyclic) bond motifs is 9. The third kappa shape index (κ3) is 10.6. The summed E-state index contributed by atoms with van der Waals surface area (Å²) in [5, 5.41) is 68.6. The van der Waals surface area contributed by atoms with Crippen LogP contribution in [-0.4, -0.2) is 163 Å². The number of aromatic hydroxyl groups is 3. The van der Waals surface area contributed by atoms with Crippen molar-refractivity contribution in [3.8, 4) is 28.7 Å². The smallest absolute Gasteiger partial charge is 0.242 e. The van der Waals surface area contributed by atoms with Crippen LogP contribution in [0, 0.1) is 29.6 Å². The van der Waals surface area contributed by atoms with E-state index in [2.05, 4.69) is 79.6 Å². The third-order valence-corrected chi connectivity index (χ3v) is 28.1. The van der Waals surface area contributed by atoms with Crippen molar-refractivity contribution in [2.24, 2.45) is 40.3 Å². The van der Waals surface area contributed by atoms with Crippen LogP contribution in [0.3, 0.4) is 0 Å². The number of hydrogen-bond acceptors (Lipinski definition) is 14. The van der Waals surface area contributed by atoms with Gasteiger partial charge in [0.1, 0.15) is 11.8 Å². The number of carbonyl (C=O) groups is 3. The van der Waals surface area contributed by atoms with E-state index < -0.39 is 45.7 Å². The number of benzene rings is 4. The lowest BCUT2D eigenvalue weighted by Gasteiger charge is -2.63. The fraction of sp³-hybridized carbons (Fsp3) is 0.614. The molecular formula is C83H107N9O10. The number of hydrogen-bond donors (Lipinski definition) is 10. The molecule has 9 unspecified atom stereocenters. The molecule has 18 rings (SSSR count). The molecule has 3 saturated carbocycles. The van der Waals surface area contributed by atoms with E-state index in [9.17, 15) is 39.9 Å². The van der Waals surface area contributed by atoms with E-state index in [4.69, 9.17) is 15.2 Å². The van der Waals surface area contributed by atoms with Gasteiger partial charge in [0.15, 0.2) is 35.2 Å². The van der Waals surface area contributed by atoms with Crippen molar-refractivity contribution in [2.75, 3.05) is 58.9 Å². The summed E-state index contributed by atoms with van der Waals surface area (Å²) >= 11 is 0. The molecule has 8 aliphatic carbocycles. The van der Waals surface area contributed by atoms with Gasteiger partial charge in [-0.2, -0.15) is 0 Å². The first-order valence-electron chi connectivity index (χ1n) is 39.1. The normalized spacial score (nSPS) is 33.2. The number of phenols is 3. The number of aliphatic imine (C=N–C) groups is 1. The maximum absolute atomic E-state index is 14.1. The van der Waals surface area contributed by atoms with Gasteiger partial charge in [-0.25, -0.2) is 0 Å². The van der Waals surface area contributed by atoms with Crippen molar-refractivity contribution in [3.05, 3.63) is 134 Å². The number of nitrogens with two attached hydrogens (primary N) is 1. The average molecular weight is 1390 g/mol. The molecule has 6 fully saturated rings. The van der Waals surface area contributed by atoms with E-state index in [1.165, 1.54) is 47.9 Å². The number of phenolic OH excluding ortho intramolecular Hbond substituents is 3. The Morgan fingerprint density at radius 3 is 1.90 bits per heavy atom. The molecule has 13 aliphatic rings. The number of ether oxygens (including phenoxy) is 2. The number of amidine groups is 1. The number of aromatic amines is 1. The lowest BCUT2D eigenvalue weighted by atomic mass is 9.47. The maximum atomic E-state index is 14.1. The summed E-state index contributed by atoms with van der Waals surface area (Å²) in [6.07, 6.45) is 16.9. The predicted molar refractivity (Wildman–Crippen MR) is 389 cm³/mol. The van der Waals surface area contributed by atoms with Gasteiger partial charge in [-0.3, -0.25) is 34.1 Å². The molecule has 6 bridgehead atoms. The topological polar surface area (TPSA) is 271 Å². The van der Waals surface area contributed by atoms with Gasteiger partial charge in [-0.1, -0.05) is 89.6 Å². The number of aliphatic hydroxyl groups is 2. The van der Waals surface area contributed by atoms with Crippen molar-refractivity contribution < 1.29 is 49.4 Å². The lowest BCUT2D eigenvalue weighted by molar-refractivity contribution is -0.176. The van der Waals surface area contributed by atoms with Gasteiger partial charge < -0.3 is 61.7 Å². The van der Waals surface area contributed by atoms with Gasteiger partial charge in [0.25, 0.3) is 0 Å². The summed E-state index contributed by atoms with van der Waals surface area (Å²) in [5.41, 5.74) is 13.7. The second kappa shape index (κ2) is 25.3. The number of H-pyrrole nitrogens is 1. The molecule has 5 aliphatic heterocycles. The largest absolute Gasteiger partial charge is 0.508 e. The number of piperidine rings is 3. The minimum atomic E-state index is -1.09. The van der Waals surface area contributed by atoms with Gasteiger partial charge in [-0.05, 0) is 221 Å². The van der Waals surface area contributed by atoms with Crippen LogP contribution >= 0.6 is 0 Å². The van der Waals surface area contributed by atoms with Crippen molar-refractivity contribution in [1.29, 1.82) is 0 Å². The second-order valence-corrected chi connectivity index (χ2v) is 34.3. The Morgan fingerprint density at radius 2 is 1.31 bits per heavy atom. The van der Waals surface area contributed by atoms with E-state index in [0.717, 1.165) is 168 Å². The van der Waals surface area contributed by atoms with Crippen LogP contribution in [0.15, 0.2) is 77.8 Å². The van der Waals surface area contributed by atoms with Crippen molar-refractivity contribution >= 4 is 23.6 Å². The van der Waals surface area contributed by atoms with E-state index in [-0.39, 0.29) is 65.1 Å². The van der Waals surface area contributed by atoms with Crippen LogP contribution in [-0.2, 0) is 68.1 Å². The zero-order valence-electron chi connectivity index (χ0n) is 60.4. The fourth-order valence-electron chi connectivity index (χ4n) is 22.3. The Balaban J connectivity index is 0.000000152. The molecule has 19 heteroatoms. The van der Waals surface area contributed by atoms with Crippen LogP contribution < -0.4 is 31.2 Å². The molecule has 3 amide bonds. The molecule has 4 aromatic carbocycles. The summed E-state index contributed by atoms with van der Waals surface area (Å²) in [6, 6.07) is 23.0. The zero-order valence-corrected chi connectivity index (χ0v) is 60.4. The van der Waals surface area contributed by atoms with Crippen LogP contribution in [0.25, 0.3) is 0 Å². The minimum Gasteiger partial charge on any atom is -0.508 e. The number of aromatic nitrogens is 1. The number of likely N-dealkylation sites (tertiary alicyclic amines) is 3. The summed E-state index contributed by atoms with van der Waals surface area (Å²) in [7, 11) is 0. The Hall–Kier alpha value is -7.16. The Kier molecular flexibility index (Phi) is 16.9. The Morgan fingerprint density at radius 1 is 0.716 bits per heavy atom. The number of unbranched alkanes of at least 4 members (excludes halogenated alkanes) is 3. The molecule has 544 valence electrons. The van der Waals surface area contributed by atoms with Crippen LogP contribution in [0.2, 0.25) is 0 Å². The average Bonchev–Trinajstić information content (AvgIpc) is 1.44. The first kappa shape index (κ1) is 68.0. The molecule has 0 radical (unpaired) electrons. The van der Waals surface area contributed by atoms with Gasteiger partial charge in [-0.15, -0.1) is 0 Å². The minimum absolute atomic E-state index is 0.000845. The fourth-order valence-corrected chi connectivity index (χ4v) is 22.3. The maximum Gasteiger partial charge on any atom is 0.242 e. The first-order chi connectivity index (χ1) is 49.1. The number of carbonyl (C=O) groups excluding carboxylic acids is 3. The number of nitrogens with zero attached hydrogens (tertiary/aromatic N) is 4. The zero-order chi connectivity index (χ0) is 70.6. The van der Waals surface area contributed by atoms with E-state index >= 15 is 0 Å². The van der Waals surface area contributed by atoms with E-state index in [1.807, 2.05) is 50.2 Å². The standard InChI is InChI=1S/C43H64N6O4.C40H43N3O6/c1-6-7-16-38(44)45-20-12-9-13-21-46-40(52)36(23-29(2)3)48-39(51)27-47-41(53)43(32-14-10-8-11-15-32)26-33(43)28-49-22-19-42(5)30(4)37(49)24-31-17-18-34(50)25-35(31)42;44-25-7-5-21-13-27-39(46)15-23-24-16-40(47)28-14-22-6-8-26(45)34-30(22)38(40,10-12-43(28)18-20-3-4-20)36(49-34)32(24)41-31(23)35-37(39,29(21)33(25)48-35)9-11-42(27)17-19-1-2-19/h8,10-11,14-15,17-18,25,29-30,33,36-37,50H,6-7,9,12-13,16,19-24,26-28H2,1-5H3,(H2,44,45)(H,46,52)(H,47,53)(H,48,51);5-8,19-20,27-28,35-36,41,44-47H,1-4,9-18H2/t30?,33?,36?,37?,42-,43+;27-,28?,35?,36?,37?,38?,39-,40-/m11/s1. The number of nitrogens with one attached hydrogen (secondary N) is 4. The highest BCUT2D eigenvalue weighted by Crippen LogP contribution is 2.73. The highest BCUT2D eigenvalue weighted by Gasteiger charge is 2.77. The first-order valence-corrected chi connectivity index (χ1v) is 39.1. The van der Waals surface area contributed by atoms with E-state index in [0.29, 0.717) is 73.4 Å². The molecule has 19 nitrogen and oxygen atoms in total. The summed E-state index contributed by atoms with van der Waals surface area (Å²) < 4.78 is 13.9. The number of amides is 3. The molecule has 3 saturated heterocycles. The molecule has 6 heterocycles. The summed E-state index contributed by atoms with van der Waals surface area (Å²) in [4.78, 5) is 56.6. The molecule has 5 aromatic rings. The highest BCUT2D eigenvalue weighted by molar-refractivity contribution is 5.95. The third-order valence-electron chi connectivity index (χ3n) is 28.1. The molecular weight excluding hydrogens is 1280 g/mol. The second-order valence-electron chi connectivity index (χ2n) is 34.3.